The van der Waals surface area contributed by atoms with Crippen molar-refractivity contribution in [1.82, 2.24) is 9.88 Å². The molecule has 5 nitrogen and oxygen atoms in total. The lowest BCUT2D eigenvalue weighted by atomic mass is 9.98. The summed E-state index contributed by atoms with van der Waals surface area (Å²) in [6.45, 7) is 3.64. The fourth-order valence-electron chi connectivity index (χ4n) is 2.84. The summed E-state index contributed by atoms with van der Waals surface area (Å²) in [5.41, 5.74) is 0.906. The number of piperidine rings is 1. The van der Waals surface area contributed by atoms with Crippen molar-refractivity contribution in [2.75, 3.05) is 18.4 Å². The zero-order chi connectivity index (χ0) is 17.8. The van der Waals surface area contributed by atoms with Gasteiger partial charge in [0, 0.05) is 30.5 Å². The van der Waals surface area contributed by atoms with E-state index in [0.29, 0.717) is 17.2 Å². The molecule has 2 heterocycles. The number of anilines is 1. The van der Waals surface area contributed by atoms with Gasteiger partial charge < -0.3 is 10.2 Å². The molecule has 1 aromatic heterocycles. The van der Waals surface area contributed by atoms with E-state index in [1.54, 1.807) is 12.1 Å². The van der Waals surface area contributed by atoms with Crippen LogP contribution < -0.4 is 5.32 Å². The predicted octanol–water partition coefficient (Wildman–Crippen LogP) is 3.35. The van der Waals surface area contributed by atoms with Gasteiger partial charge in [0.05, 0.1) is 0 Å². The Balaban J connectivity index is 1.72. The SMILES string of the molecule is CC1CCN(C(=O)c2ccnc(C(=O)Nc3cccc(F)c3)c2)CC1. The highest BCUT2D eigenvalue weighted by Gasteiger charge is 2.22. The van der Waals surface area contributed by atoms with Crippen LogP contribution in [0, 0.1) is 11.7 Å². The Morgan fingerprint density at radius 2 is 1.96 bits per heavy atom. The molecule has 1 aromatic carbocycles. The molecule has 3 rings (SSSR count). The fraction of sp³-hybridized carbons (Fsp3) is 0.316. The van der Waals surface area contributed by atoms with Gasteiger partial charge in [0.15, 0.2) is 0 Å². The Morgan fingerprint density at radius 1 is 1.20 bits per heavy atom. The van der Waals surface area contributed by atoms with Crippen LogP contribution in [0.1, 0.15) is 40.6 Å². The molecule has 25 heavy (non-hydrogen) atoms. The van der Waals surface area contributed by atoms with Crippen molar-refractivity contribution in [1.29, 1.82) is 0 Å². The molecule has 0 radical (unpaired) electrons. The number of nitrogens with zero attached hydrogens (tertiary/aromatic N) is 2. The molecule has 1 aliphatic heterocycles. The predicted molar refractivity (Wildman–Crippen MR) is 92.9 cm³/mol. The zero-order valence-corrected chi connectivity index (χ0v) is 14.0. The Labute approximate surface area is 145 Å². The van der Waals surface area contributed by atoms with Gasteiger partial charge in [0.1, 0.15) is 11.5 Å². The first-order valence-corrected chi connectivity index (χ1v) is 8.35. The fourth-order valence-corrected chi connectivity index (χ4v) is 2.84. The number of carbonyl (C=O) groups is 2. The van der Waals surface area contributed by atoms with E-state index < -0.39 is 11.7 Å². The number of nitrogens with one attached hydrogen (secondary N) is 1. The number of carbonyl (C=O) groups excluding carboxylic acids is 2. The lowest BCUT2D eigenvalue weighted by molar-refractivity contribution is 0.0697. The topological polar surface area (TPSA) is 62.3 Å². The van der Waals surface area contributed by atoms with Gasteiger partial charge in [-0.05, 0) is 49.1 Å². The summed E-state index contributed by atoms with van der Waals surface area (Å²) in [5.74, 6) is -0.371. The summed E-state index contributed by atoms with van der Waals surface area (Å²) in [7, 11) is 0. The average Bonchev–Trinajstić information content (AvgIpc) is 2.62. The summed E-state index contributed by atoms with van der Waals surface area (Å²) in [5, 5.41) is 2.58. The zero-order valence-electron chi connectivity index (χ0n) is 14.0. The van der Waals surface area contributed by atoms with Crippen molar-refractivity contribution in [2.24, 2.45) is 5.92 Å². The van der Waals surface area contributed by atoms with Crippen LogP contribution in [0.4, 0.5) is 10.1 Å². The van der Waals surface area contributed by atoms with Crippen molar-refractivity contribution < 1.29 is 14.0 Å². The molecule has 1 aliphatic rings. The van der Waals surface area contributed by atoms with E-state index in [0.717, 1.165) is 25.9 Å². The molecule has 0 aliphatic carbocycles. The van der Waals surface area contributed by atoms with Crippen LogP contribution in [0.3, 0.4) is 0 Å². The number of benzene rings is 1. The third-order valence-electron chi connectivity index (χ3n) is 4.39. The molecule has 2 amide bonds. The van der Waals surface area contributed by atoms with Crippen LogP contribution in [-0.4, -0.2) is 34.8 Å². The second-order valence-corrected chi connectivity index (χ2v) is 6.37. The first kappa shape index (κ1) is 17.1. The average molecular weight is 341 g/mol. The van der Waals surface area contributed by atoms with Gasteiger partial charge in [0.25, 0.3) is 11.8 Å². The molecule has 0 unspecified atom stereocenters. The van der Waals surface area contributed by atoms with E-state index in [1.807, 2.05) is 4.90 Å². The minimum Gasteiger partial charge on any atom is -0.339 e. The van der Waals surface area contributed by atoms with Gasteiger partial charge >= 0.3 is 0 Å². The molecule has 2 aromatic rings. The van der Waals surface area contributed by atoms with Crippen molar-refractivity contribution in [2.45, 2.75) is 19.8 Å². The standard InChI is InChI=1S/C19H20FN3O2/c1-13-6-9-23(10-7-13)19(25)14-5-8-21-17(11-14)18(24)22-16-4-2-3-15(20)12-16/h2-5,8,11-13H,6-7,9-10H2,1H3,(H,22,24). The maximum atomic E-state index is 13.2. The van der Waals surface area contributed by atoms with Gasteiger partial charge in [-0.2, -0.15) is 0 Å². The molecule has 1 fully saturated rings. The van der Waals surface area contributed by atoms with E-state index in [2.05, 4.69) is 17.2 Å². The van der Waals surface area contributed by atoms with Crippen LogP contribution in [0.2, 0.25) is 0 Å². The maximum Gasteiger partial charge on any atom is 0.274 e. The van der Waals surface area contributed by atoms with E-state index in [9.17, 15) is 14.0 Å². The quantitative estimate of drug-likeness (QED) is 0.931. The highest BCUT2D eigenvalue weighted by atomic mass is 19.1. The first-order chi connectivity index (χ1) is 12.0. The molecule has 0 saturated carbocycles. The smallest absolute Gasteiger partial charge is 0.274 e. The summed E-state index contributed by atoms with van der Waals surface area (Å²) in [6, 6.07) is 8.71. The molecule has 1 saturated heterocycles. The number of halogens is 1. The van der Waals surface area contributed by atoms with Crippen LogP contribution >= 0.6 is 0 Å². The Bertz CT molecular complexity index is 786. The molecule has 0 atom stereocenters. The third-order valence-corrected chi connectivity index (χ3v) is 4.39. The molecular formula is C19H20FN3O2. The highest BCUT2D eigenvalue weighted by molar-refractivity contribution is 6.04. The van der Waals surface area contributed by atoms with Gasteiger partial charge in [0.2, 0.25) is 0 Å². The van der Waals surface area contributed by atoms with E-state index in [-0.39, 0.29) is 11.6 Å². The van der Waals surface area contributed by atoms with Crippen molar-refractivity contribution in [3.05, 3.63) is 59.7 Å². The van der Waals surface area contributed by atoms with E-state index in [1.165, 1.54) is 30.5 Å². The van der Waals surface area contributed by atoms with Gasteiger partial charge in [-0.1, -0.05) is 13.0 Å². The molecule has 0 bridgehead atoms. The molecular weight excluding hydrogens is 321 g/mol. The normalized spacial score (nSPS) is 15.0. The number of hydrogen-bond donors (Lipinski definition) is 1. The number of pyridine rings is 1. The Hall–Kier alpha value is -2.76. The largest absolute Gasteiger partial charge is 0.339 e. The minimum absolute atomic E-state index is 0.0888. The number of likely N-dealkylation sites (tertiary alicyclic amines) is 1. The van der Waals surface area contributed by atoms with Crippen LogP contribution in [0.15, 0.2) is 42.6 Å². The lowest BCUT2D eigenvalue weighted by Gasteiger charge is -2.30. The summed E-state index contributed by atoms with van der Waals surface area (Å²) in [4.78, 5) is 30.7. The second-order valence-electron chi connectivity index (χ2n) is 6.37. The molecule has 130 valence electrons. The maximum absolute atomic E-state index is 13.2. The number of rotatable bonds is 3. The van der Waals surface area contributed by atoms with Gasteiger partial charge in [-0.3, -0.25) is 14.6 Å². The van der Waals surface area contributed by atoms with Crippen LogP contribution in [0.5, 0.6) is 0 Å². The van der Waals surface area contributed by atoms with E-state index >= 15 is 0 Å². The summed E-state index contributed by atoms with van der Waals surface area (Å²) >= 11 is 0. The molecule has 6 heteroatoms. The second kappa shape index (κ2) is 7.42. The Morgan fingerprint density at radius 3 is 2.68 bits per heavy atom. The summed E-state index contributed by atoms with van der Waals surface area (Å²) < 4.78 is 13.2. The molecule has 0 spiro atoms. The van der Waals surface area contributed by atoms with E-state index in [4.69, 9.17) is 0 Å². The summed E-state index contributed by atoms with van der Waals surface area (Å²) in [6.07, 6.45) is 3.42. The van der Waals surface area contributed by atoms with Crippen molar-refractivity contribution in [3.8, 4) is 0 Å². The van der Waals surface area contributed by atoms with Crippen LogP contribution in [0.25, 0.3) is 0 Å². The number of aromatic nitrogens is 1. The molecule has 1 N–H and O–H groups in total. The third kappa shape index (κ3) is 4.21. The van der Waals surface area contributed by atoms with Crippen molar-refractivity contribution in [3.63, 3.8) is 0 Å². The Kier molecular flexibility index (Phi) is 5.07. The van der Waals surface area contributed by atoms with Crippen LogP contribution in [-0.2, 0) is 0 Å². The number of amides is 2. The van der Waals surface area contributed by atoms with Gasteiger partial charge in [-0.25, -0.2) is 4.39 Å². The highest BCUT2D eigenvalue weighted by Crippen LogP contribution is 2.18. The lowest BCUT2D eigenvalue weighted by Crippen LogP contribution is -2.38. The van der Waals surface area contributed by atoms with Gasteiger partial charge in [-0.15, -0.1) is 0 Å². The first-order valence-electron chi connectivity index (χ1n) is 8.35. The minimum atomic E-state index is -0.479. The monoisotopic (exact) mass is 341 g/mol. The van der Waals surface area contributed by atoms with Crippen molar-refractivity contribution >= 4 is 17.5 Å². The number of hydrogen-bond acceptors (Lipinski definition) is 3.